The van der Waals surface area contributed by atoms with Gasteiger partial charge in [0.05, 0.1) is 11.9 Å². The van der Waals surface area contributed by atoms with Gasteiger partial charge in [0.15, 0.2) is 5.58 Å². The fourth-order valence-electron chi connectivity index (χ4n) is 2.62. The summed E-state index contributed by atoms with van der Waals surface area (Å²) in [6, 6.07) is 12.0. The van der Waals surface area contributed by atoms with Crippen molar-refractivity contribution in [2.24, 2.45) is 7.05 Å². The third-order valence-corrected chi connectivity index (χ3v) is 4.09. The maximum atomic E-state index is 11.5. The zero-order chi connectivity index (χ0) is 20.2. The summed E-state index contributed by atoms with van der Waals surface area (Å²) in [5.41, 5.74) is 2.29. The first kappa shape index (κ1) is 18.4. The molecule has 0 saturated carbocycles. The van der Waals surface area contributed by atoms with E-state index in [9.17, 15) is 4.79 Å². The van der Waals surface area contributed by atoms with Gasteiger partial charge in [0.2, 0.25) is 5.89 Å². The van der Waals surface area contributed by atoms with Gasteiger partial charge in [-0.05, 0) is 30.3 Å². The van der Waals surface area contributed by atoms with Gasteiger partial charge < -0.3 is 13.9 Å². The number of fused-ring (bicyclic) bond motifs is 1. The minimum atomic E-state index is -0.200. The van der Waals surface area contributed by atoms with Crippen molar-refractivity contribution in [3.63, 3.8) is 0 Å². The molecule has 0 N–H and O–H groups in total. The fourth-order valence-corrected chi connectivity index (χ4v) is 2.62. The lowest BCUT2D eigenvalue weighted by molar-refractivity contribution is 0.300. The first-order chi connectivity index (χ1) is 14.1. The van der Waals surface area contributed by atoms with Crippen LogP contribution in [0.2, 0.25) is 0 Å². The number of oxazole rings is 1. The fraction of sp³-hybridized carbons (Fsp3) is 0.143. The maximum absolute atomic E-state index is 11.5. The molecule has 4 rings (SSSR count). The number of ether oxygens (including phenoxy) is 2. The Morgan fingerprint density at radius 1 is 1.14 bits per heavy atom. The summed E-state index contributed by atoms with van der Waals surface area (Å²) in [6.45, 7) is 4.35. The molecule has 3 heterocycles. The summed E-state index contributed by atoms with van der Waals surface area (Å²) >= 11 is 0. The molecule has 0 bridgehead atoms. The molecule has 0 atom stereocenters. The number of hydrogen-bond donors (Lipinski definition) is 0. The van der Waals surface area contributed by atoms with E-state index < -0.39 is 0 Å². The van der Waals surface area contributed by atoms with Crippen LogP contribution in [0.25, 0.3) is 22.7 Å². The molecule has 0 amide bonds. The van der Waals surface area contributed by atoms with Crippen LogP contribution < -0.4 is 15.0 Å². The lowest BCUT2D eigenvalue weighted by Gasteiger charge is -2.06. The summed E-state index contributed by atoms with van der Waals surface area (Å²) in [5, 5.41) is 4.16. The molecule has 4 aromatic rings. The highest BCUT2D eigenvalue weighted by atomic mass is 16.5. The number of nitrogens with zero attached hydrogens (tertiary/aromatic N) is 4. The third kappa shape index (κ3) is 4.16. The molecule has 0 aliphatic rings. The topological polar surface area (TPSA) is 92.3 Å². The summed E-state index contributed by atoms with van der Waals surface area (Å²) in [6.07, 6.45) is 3.33. The molecule has 29 heavy (non-hydrogen) atoms. The van der Waals surface area contributed by atoms with Gasteiger partial charge in [0.1, 0.15) is 35.9 Å². The van der Waals surface area contributed by atoms with Crippen LogP contribution in [0.5, 0.6) is 11.5 Å². The van der Waals surface area contributed by atoms with Gasteiger partial charge in [-0.2, -0.15) is 5.10 Å². The Kier molecular flexibility index (Phi) is 5.07. The second-order valence-corrected chi connectivity index (χ2v) is 6.20. The monoisotopic (exact) mass is 390 g/mol. The summed E-state index contributed by atoms with van der Waals surface area (Å²) in [4.78, 5) is 20.2. The van der Waals surface area contributed by atoms with Crippen molar-refractivity contribution >= 4 is 11.1 Å². The van der Waals surface area contributed by atoms with Crippen LogP contribution in [0.1, 0.15) is 5.69 Å². The minimum Gasteiger partial charge on any atom is -0.488 e. The maximum Gasteiger partial charge on any atom is 0.266 e. The van der Waals surface area contributed by atoms with Crippen LogP contribution >= 0.6 is 0 Å². The molecule has 0 fully saturated rings. The largest absolute Gasteiger partial charge is 0.488 e. The van der Waals surface area contributed by atoms with Crippen molar-refractivity contribution in [1.82, 2.24) is 19.7 Å². The van der Waals surface area contributed by atoms with Crippen molar-refractivity contribution in [3.8, 4) is 23.1 Å². The standard InChI is InChI=1S/C21H18N4O4/c1-3-10-27-16-5-4-14(22-12-16)13-28-15-6-8-19-18(11-15)23-21(29-19)17-7-9-20(26)25(2)24-17/h3-9,11-12H,1,10,13H2,2H3. The van der Waals surface area contributed by atoms with Crippen LogP contribution in [-0.4, -0.2) is 26.4 Å². The summed E-state index contributed by atoms with van der Waals surface area (Å²) in [7, 11) is 1.58. The van der Waals surface area contributed by atoms with E-state index in [4.69, 9.17) is 13.9 Å². The normalized spacial score (nSPS) is 10.8. The quantitative estimate of drug-likeness (QED) is 0.448. The highest BCUT2D eigenvalue weighted by Gasteiger charge is 2.11. The first-order valence-electron chi connectivity index (χ1n) is 8.89. The van der Waals surface area contributed by atoms with Crippen molar-refractivity contribution in [1.29, 1.82) is 0 Å². The van der Waals surface area contributed by atoms with Gasteiger partial charge in [0, 0.05) is 19.2 Å². The van der Waals surface area contributed by atoms with Crippen molar-refractivity contribution in [3.05, 3.63) is 77.4 Å². The predicted molar refractivity (Wildman–Crippen MR) is 107 cm³/mol. The Hall–Kier alpha value is -3.94. The van der Waals surface area contributed by atoms with Gasteiger partial charge in [0.25, 0.3) is 5.56 Å². The Morgan fingerprint density at radius 2 is 2.00 bits per heavy atom. The number of aromatic nitrogens is 4. The van der Waals surface area contributed by atoms with Gasteiger partial charge >= 0.3 is 0 Å². The molecule has 146 valence electrons. The molecule has 0 unspecified atom stereocenters. The van der Waals surface area contributed by atoms with E-state index in [1.807, 2.05) is 12.1 Å². The second kappa shape index (κ2) is 7.97. The molecule has 0 aliphatic carbocycles. The molecule has 0 radical (unpaired) electrons. The van der Waals surface area contributed by atoms with Crippen LogP contribution in [-0.2, 0) is 13.7 Å². The second-order valence-electron chi connectivity index (χ2n) is 6.20. The molecular formula is C21H18N4O4. The van der Waals surface area contributed by atoms with Gasteiger partial charge in [-0.25, -0.2) is 9.67 Å². The van der Waals surface area contributed by atoms with Crippen LogP contribution in [0, 0.1) is 0 Å². The van der Waals surface area contributed by atoms with Crippen LogP contribution in [0.3, 0.4) is 0 Å². The molecule has 0 aliphatic heterocycles. The van der Waals surface area contributed by atoms with E-state index in [1.165, 1.54) is 10.7 Å². The minimum absolute atomic E-state index is 0.200. The van der Waals surface area contributed by atoms with E-state index >= 15 is 0 Å². The summed E-state index contributed by atoms with van der Waals surface area (Å²) < 4.78 is 18.2. The van der Waals surface area contributed by atoms with E-state index in [1.54, 1.807) is 43.6 Å². The Morgan fingerprint density at radius 3 is 2.76 bits per heavy atom. The Bertz CT molecular complexity index is 1210. The third-order valence-electron chi connectivity index (χ3n) is 4.09. The van der Waals surface area contributed by atoms with E-state index in [-0.39, 0.29) is 5.56 Å². The summed E-state index contributed by atoms with van der Waals surface area (Å²) in [5.74, 6) is 1.65. The van der Waals surface area contributed by atoms with E-state index in [0.717, 1.165) is 5.69 Å². The van der Waals surface area contributed by atoms with Gasteiger partial charge in [-0.3, -0.25) is 9.78 Å². The smallest absolute Gasteiger partial charge is 0.266 e. The molecule has 3 aromatic heterocycles. The lowest BCUT2D eigenvalue weighted by Crippen LogP contribution is -2.18. The van der Waals surface area contributed by atoms with Crippen molar-refractivity contribution < 1.29 is 13.9 Å². The van der Waals surface area contributed by atoms with Gasteiger partial charge in [-0.1, -0.05) is 12.7 Å². The number of pyridine rings is 1. The molecular weight excluding hydrogens is 372 g/mol. The number of hydrogen-bond acceptors (Lipinski definition) is 7. The zero-order valence-corrected chi connectivity index (χ0v) is 15.7. The zero-order valence-electron chi connectivity index (χ0n) is 15.7. The van der Waals surface area contributed by atoms with Crippen LogP contribution in [0.4, 0.5) is 0 Å². The average Bonchev–Trinajstić information content (AvgIpc) is 3.17. The number of rotatable bonds is 7. The molecule has 8 nitrogen and oxygen atoms in total. The number of benzene rings is 1. The van der Waals surface area contributed by atoms with E-state index in [2.05, 4.69) is 21.6 Å². The molecule has 0 spiro atoms. The Balaban J connectivity index is 1.48. The molecule has 0 saturated heterocycles. The lowest BCUT2D eigenvalue weighted by atomic mass is 10.3. The molecule has 8 heteroatoms. The average molecular weight is 390 g/mol. The highest BCUT2D eigenvalue weighted by Crippen LogP contribution is 2.26. The van der Waals surface area contributed by atoms with E-state index in [0.29, 0.717) is 47.4 Å². The highest BCUT2D eigenvalue weighted by molar-refractivity contribution is 5.77. The van der Waals surface area contributed by atoms with Crippen molar-refractivity contribution in [2.45, 2.75) is 6.61 Å². The Labute approximate surface area is 166 Å². The first-order valence-corrected chi connectivity index (χ1v) is 8.89. The number of aryl methyl sites for hydroxylation is 1. The molecule has 1 aromatic carbocycles. The SMILES string of the molecule is C=CCOc1ccc(COc2ccc3oc(-c4ccc(=O)n(C)n4)nc3c2)nc1. The van der Waals surface area contributed by atoms with Crippen molar-refractivity contribution in [2.75, 3.05) is 6.61 Å². The van der Waals surface area contributed by atoms with Crippen LogP contribution in [0.15, 0.2) is 70.5 Å². The van der Waals surface area contributed by atoms with Gasteiger partial charge in [-0.15, -0.1) is 0 Å². The predicted octanol–water partition coefficient (Wildman–Crippen LogP) is 3.13.